The Bertz CT molecular complexity index is 1130. The number of benzene rings is 3. The molecule has 140 valence electrons. The van der Waals surface area contributed by atoms with Crippen molar-refractivity contribution in [1.29, 1.82) is 0 Å². The van der Waals surface area contributed by atoms with Gasteiger partial charge in [-0.2, -0.15) is 0 Å². The second-order valence-electron chi connectivity index (χ2n) is 5.92. The van der Waals surface area contributed by atoms with Crippen LogP contribution >= 0.6 is 0 Å². The lowest BCUT2D eigenvalue weighted by atomic mass is 10.1. The van der Waals surface area contributed by atoms with Crippen LogP contribution in [-0.4, -0.2) is 20.6 Å². The monoisotopic (exact) mass is 391 g/mol. The summed E-state index contributed by atoms with van der Waals surface area (Å²) >= 11 is 0. The zero-order chi connectivity index (χ0) is 19.6. The SMILES string of the molecule is CS(=O)(=O)NC(=O)c1cc(F)c(COc2ccc3ccccc3c2)cc1F. The topological polar surface area (TPSA) is 72.5 Å². The molecule has 8 heteroatoms. The fourth-order valence-electron chi connectivity index (χ4n) is 2.51. The number of halogens is 2. The van der Waals surface area contributed by atoms with Gasteiger partial charge in [0.15, 0.2) is 0 Å². The molecule has 0 aliphatic rings. The van der Waals surface area contributed by atoms with Crippen LogP contribution in [0, 0.1) is 11.6 Å². The molecule has 0 radical (unpaired) electrons. The van der Waals surface area contributed by atoms with E-state index in [1.807, 2.05) is 30.3 Å². The Balaban J connectivity index is 1.78. The van der Waals surface area contributed by atoms with E-state index in [1.165, 1.54) is 0 Å². The third kappa shape index (κ3) is 4.59. The highest BCUT2D eigenvalue weighted by Crippen LogP contribution is 2.22. The van der Waals surface area contributed by atoms with Crippen LogP contribution in [-0.2, 0) is 16.6 Å². The molecule has 3 aromatic rings. The van der Waals surface area contributed by atoms with Gasteiger partial charge in [0, 0.05) is 5.56 Å². The summed E-state index contributed by atoms with van der Waals surface area (Å²) in [5.74, 6) is -2.69. The van der Waals surface area contributed by atoms with E-state index in [1.54, 1.807) is 16.9 Å². The van der Waals surface area contributed by atoms with Crippen molar-refractivity contribution in [3.8, 4) is 5.75 Å². The highest BCUT2D eigenvalue weighted by molar-refractivity contribution is 7.89. The summed E-state index contributed by atoms with van der Waals surface area (Å²) < 4.78 is 57.5. The van der Waals surface area contributed by atoms with E-state index in [2.05, 4.69) is 0 Å². The van der Waals surface area contributed by atoms with Gasteiger partial charge in [-0.15, -0.1) is 0 Å². The molecule has 0 saturated carbocycles. The highest BCUT2D eigenvalue weighted by Gasteiger charge is 2.19. The van der Waals surface area contributed by atoms with Crippen LogP contribution in [0.4, 0.5) is 8.78 Å². The summed E-state index contributed by atoms with van der Waals surface area (Å²) in [7, 11) is -3.89. The summed E-state index contributed by atoms with van der Waals surface area (Å²) in [5, 5.41) is 1.96. The molecular weight excluding hydrogens is 376 g/mol. The normalized spacial score (nSPS) is 11.4. The van der Waals surface area contributed by atoms with Crippen LogP contribution in [0.15, 0.2) is 54.6 Å². The third-order valence-electron chi connectivity index (χ3n) is 3.77. The molecule has 27 heavy (non-hydrogen) atoms. The van der Waals surface area contributed by atoms with Gasteiger partial charge in [-0.1, -0.05) is 30.3 Å². The standard InChI is InChI=1S/C19H15F2NO4S/c1-27(24,25)22-19(23)16-10-17(20)14(9-18(16)21)11-26-15-7-6-12-4-2-3-5-13(12)8-15/h2-10H,11H2,1H3,(H,22,23). The Morgan fingerprint density at radius 3 is 2.41 bits per heavy atom. The first-order valence-electron chi connectivity index (χ1n) is 7.84. The molecular formula is C19H15F2NO4S. The first-order valence-corrected chi connectivity index (χ1v) is 9.74. The maximum Gasteiger partial charge on any atom is 0.267 e. The van der Waals surface area contributed by atoms with E-state index < -0.39 is 33.1 Å². The fourth-order valence-corrected chi connectivity index (χ4v) is 2.96. The molecule has 3 rings (SSSR count). The van der Waals surface area contributed by atoms with Crippen LogP contribution in [0.2, 0.25) is 0 Å². The molecule has 1 amide bonds. The average Bonchev–Trinajstić information content (AvgIpc) is 2.60. The maximum atomic E-state index is 14.2. The number of hydrogen-bond donors (Lipinski definition) is 1. The quantitative estimate of drug-likeness (QED) is 0.724. The van der Waals surface area contributed by atoms with Gasteiger partial charge in [0.1, 0.15) is 24.0 Å². The van der Waals surface area contributed by atoms with E-state index in [-0.39, 0.29) is 12.2 Å². The van der Waals surface area contributed by atoms with Gasteiger partial charge in [-0.3, -0.25) is 4.79 Å². The van der Waals surface area contributed by atoms with Crippen LogP contribution < -0.4 is 9.46 Å². The van der Waals surface area contributed by atoms with E-state index in [4.69, 9.17) is 4.74 Å². The van der Waals surface area contributed by atoms with Crippen LogP contribution in [0.3, 0.4) is 0 Å². The summed E-state index contributed by atoms with van der Waals surface area (Å²) in [5.41, 5.74) is -0.802. The highest BCUT2D eigenvalue weighted by atomic mass is 32.2. The number of carbonyl (C=O) groups excluding carboxylic acids is 1. The second kappa shape index (κ2) is 7.32. The van der Waals surface area contributed by atoms with E-state index in [0.717, 1.165) is 23.1 Å². The largest absolute Gasteiger partial charge is 0.489 e. The van der Waals surface area contributed by atoms with Gasteiger partial charge >= 0.3 is 0 Å². The van der Waals surface area contributed by atoms with Crippen LogP contribution in [0.5, 0.6) is 5.75 Å². The van der Waals surface area contributed by atoms with Crippen LogP contribution in [0.25, 0.3) is 10.8 Å². The lowest BCUT2D eigenvalue weighted by molar-refractivity contribution is 0.0977. The molecule has 5 nitrogen and oxygen atoms in total. The lowest BCUT2D eigenvalue weighted by Gasteiger charge is -2.10. The number of sulfonamides is 1. The van der Waals surface area contributed by atoms with Crippen molar-refractivity contribution in [2.45, 2.75) is 6.61 Å². The molecule has 0 saturated heterocycles. The Kier molecular flexibility index (Phi) is 5.09. The molecule has 0 bridgehead atoms. The molecule has 1 N–H and O–H groups in total. The molecule has 0 unspecified atom stereocenters. The predicted octanol–water partition coefficient (Wildman–Crippen LogP) is 3.39. The van der Waals surface area contributed by atoms with Gasteiger partial charge in [-0.25, -0.2) is 21.9 Å². The Morgan fingerprint density at radius 1 is 1.00 bits per heavy atom. The van der Waals surface area contributed by atoms with Gasteiger partial charge in [0.2, 0.25) is 10.0 Å². The molecule has 0 atom stereocenters. The summed E-state index contributed by atoms with van der Waals surface area (Å²) in [6, 6.07) is 14.4. The van der Waals surface area contributed by atoms with Crippen molar-refractivity contribution in [2.75, 3.05) is 6.26 Å². The predicted molar refractivity (Wildman–Crippen MR) is 96.9 cm³/mol. The first-order chi connectivity index (χ1) is 12.7. The Hall–Kier alpha value is -3.00. The minimum Gasteiger partial charge on any atom is -0.489 e. The first kappa shape index (κ1) is 18.8. The minimum atomic E-state index is -3.89. The maximum absolute atomic E-state index is 14.2. The fraction of sp³-hybridized carbons (Fsp3) is 0.105. The third-order valence-corrected chi connectivity index (χ3v) is 4.33. The number of rotatable bonds is 5. The smallest absolute Gasteiger partial charge is 0.267 e. The summed E-state index contributed by atoms with van der Waals surface area (Å²) in [6.07, 6.45) is 0.741. The van der Waals surface area contributed by atoms with Crippen molar-refractivity contribution in [3.63, 3.8) is 0 Å². The minimum absolute atomic E-state index is 0.100. The number of carbonyl (C=O) groups is 1. The van der Waals surface area contributed by atoms with Gasteiger partial charge in [0.05, 0.1) is 11.8 Å². The molecule has 0 heterocycles. The molecule has 3 aromatic carbocycles. The average molecular weight is 391 g/mol. The molecule has 0 aromatic heterocycles. The number of amides is 1. The van der Waals surface area contributed by atoms with Gasteiger partial charge in [0.25, 0.3) is 5.91 Å². The Morgan fingerprint density at radius 2 is 1.70 bits per heavy atom. The number of fused-ring (bicyclic) bond motifs is 1. The van der Waals surface area contributed by atoms with E-state index in [0.29, 0.717) is 11.8 Å². The van der Waals surface area contributed by atoms with Crippen molar-refractivity contribution in [2.24, 2.45) is 0 Å². The zero-order valence-electron chi connectivity index (χ0n) is 14.2. The second-order valence-corrected chi connectivity index (χ2v) is 7.67. The molecule has 0 spiro atoms. The van der Waals surface area contributed by atoms with Crippen LogP contribution in [0.1, 0.15) is 15.9 Å². The van der Waals surface area contributed by atoms with Gasteiger partial charge < -0.3 is 4.74 Å². The number of ether oxygens (including phenoxy) is 1. The Labute approximate surface area is 154 Å². The van der Waals surface area contributed by atoms with Crippen molar-refractivity contribution < 1.29 is 26.7 Å². The lowest BCUT2D eigenvalue weighted by Crippen LogP contribution is -2.30. The zero-order valence-corrected chi connectivity index (χ0v) is 15.0. The molecule has 0 aliphatic carbocycles. The molecule has 0 aliphatic heterocycles. The molecule has 0 fully saturated rings. The number of hydrogen-bond acceptors (Lipinski definition) is 4. The summed E-state index contributed by atoms with van der Waals surface area (Å²) in [6.45, 7) is -0.255. The summed E-state index contributed by atoms with van der Waals surface area (Å²) in [4.78, 5) is 11.7. The van der Waals surface area contributed by atoms with E-state index in [9.17, 15) is 22.0 Å². The van der Waals surface area contributed by atoms with Gasteiger partial charge in [-0.05, 0) is 35.0 Å². The van der Waals surface area contributed by atoms with E-state index >= 15 is 0 Å². The van der Waals surface area contributed by atoms with Crippen molar-refractivity contribution in [3.05, 3.63) is 77.4 Å². The van der Waals surface area contributed by atoms with Crippen molar-refractivity contribution in [1.82, 2.24) is 4.72 Å². The van der Waals surface area contributed by atoms with Crippen molar-refractivity contribution >= 4 is 26.7 Å². The number of nitrogens with one attached hydrogen (secondary N) is 1.